The maximum atomic E-state index is 10.9. The number of likely N-dealkylation sites (N-methyl/N-ethyl adjacent to an activating group) is 1. The molecule has 2 unspecified atom stereocenters. The predicted octanol–water partition coefficient (Wildman–Crippen LogP) is 3.64. The highest BCUT2D eigenvalue weighted by molar-refractivity contribution is 9.10. The Bertz CT molecular complexity index is 1160. The van der Waals surface area contributed by atoms with Crippen molar-refractivity contribution in [2.75, 3.05) is 25.6 Å². The summed E-state index contributed by atoms with van der Waals surface area (Å²) in [6, 6.07) is 14.2. The van der Waals surface area contributed by atoms with Gasteiger partial charge in [0.05, 0.1) is 19.8 Å². The van der Waals surface area contributed by atoms with Gasteiger partial charge in [-0.3, -0.25) is 0 Å². The number of methoxy groups -OCH3 is 1. The van der Waals surface area contributed by atoms with Gasteiger partial charge >= 0.3 is 0 Å². The fourth-order valence-electron chi connectivity index (χ4n) is 3.98. The van der Waals surface area contributed by atoms with Gasteiger partial charge in [-0.05, 0) is 36.8 Å². The maximum Gasteiger partial charge on any atom is 0.120 e. The molecule has 0 saturated carbocycles. The molecule has 0 bridgehead atoms. The number of alkyl halides is 1. The van der Waals surface area contributed by atoms with Gasteiger partial charge in [0.1, 0.15) is 5.75 Å². The summed E-state index contributed by atoms with van der Waals surface area (Å²) in [7, 11) is 3.66. The minimum atomic E-state index is -0.510. The molecule has 1 aromatic heterocycles. The average Bonchev–Trinajstić information content (AvgIpc) is 3.00. The van der Waals surface area contributed by atoms with Crippen molar-refractivity contribution in [1.82, 2.24) is 4.57 Å². The lowest BCUT2D eigenvalue weighted by Gasteiger charge is -2.24. The van der Waals surface area contributed by atoms with Gasteiger partial charge in [0.2, 0.25) is 0 Å². The molecule has 1 aliphatic rings. The fourth-order valence-corrected chi connectivity index (χ4v) is 4.79. The summed E-state index contributed by atoms with van der Waals surface area (Å²) < 4.78 is 8.63. The SMILES string of the molecule is COc1cccc(N(C)CC(O)Cn2c3c(c4cc(Br)ccc42)=CC(Br)CC=3)c1. The normalized spacial score (nSPS) is 16.7. The molecule has 2 atom stereocenters. The summed E-state index contributed by atoms with van der Waals surface area (Å²) in [4.78, 5) is 2.41. The zero-order chi connectivity index (χ0) is 20.5. The third-order valence-electron chi connectivity index (χ3n) is 5.36. The van der Waals surface area contributed by atoms with E-state index in [1.807, 2.05) is 31.3 Å². The van der Waals surface area contributed by atoms with E-state index in [-0.39, 0.29) is 0 Å². The number of aliphatic hydroxyl groups excluding tert-OH is 1. The summed E-state index contributed by atoms with van der Waals surface area (Å²) in [5, 5.41) is 14.6. The summed E-state index contributed by atoms with van der Waals surface area (Å²) in [5.74, 6) is 0.814. The van der Waals surface area contributed by atoms with Crippen LogP contribution in [0.15, 0.2) is 46.9 Å². The number of anilines is 1. The van der Waals surface area contributed by atoms with E-state index in [1.54, 1.807) is 7.11 Å². The number of ether oxygens (including phenoxy) is 1. The first-order chi connectivity index (χ1) is 14.0. The Balaban J connectivity index is 1.64. The van der Waals surface area contributed by atoms with E-state index in [1.165, 1.54) is 16.0 Å². The van der Waals surface area contributed by atoms with E-state index in [2.05, 4.69) is 71.7 Å². The maximum absolute atomic E-state index is 10.9. The summed E-state index contributed by atoms with van der Waals surface area (Å²) >= 11 is 7.31. The van der Waals surface area contributed by atoms with Gasteiger partial charge in [-0.15, -0.1) is 0 Å². The van der Waals surface area contributed by atoms with Crippen molar-refractivity contribution in [3.8, 4) is 5.75 Å². The van der Waals surface area contributed by atoms with Crippen molar-refractivity contribution in [2.45, 2.75) is 23.9 Å². The smallest absolute Gasteiger partial charge is 0.120 e. The molecule has 2 aromatic carbocycles. The lowest BCUT2D eigenvalue weighted by molar-refractivity contribution is 0.161. The average molecular weight is 520 g/mol. The second kappa shape index (κ2) is 8.54. The lowest BCUT2D eigenvalue weighted by Crippen LogP contribution is -2.38. The van der Waals surface area contributed by atoms with Crippen LogP contribution in [0, 0.1) is 0 Å². The van der Waals surface area contributed by atoms with Gasteiger partial charge in [0.25, 0.3) is 0 Å². The van der Waals surface area contributed by atoms with Crippen molar-refractivity contribution in [2.24, 2.45) is 0 Å². The molecular formula is C23H24Br2N2O2. The molecule has 0 fully saturated rings. The number of nitrogens with zero attached hydrogens (tertiary/aromatic N) is 2. The van der Waals surface area contributed by atoms with Crippen molar-refractivity contribution in [3.05, 3.63) is 57.5 Å². The Morgan fingerprint density at radius 2 is 2.10 bits per heavy atom. The fraction of sp³-hybridized carbons (Fsp3) is 0.304. The molecule has 0 amide bonds. The first-order valence-corrected chi connectivity index (χ1v) is 11.3. The van der Waals surface area contributed by atoms with Crippen LogP contribution in [0.1, 0.15) is 6.42 Å². The van der Waals surface area contributed by atoms with Crippen LogP contribution in [-0.2, 0) is 6.54 Å². The van der Waals surface area contributed by atoms with E-state index in [9.17, 15) is 5.11 Å². The zero-order valence-electron chi connectivity index (χ0n) is 16.5. The van der Waals surface area contributed by atoms with E-state index < -0.39 is 6.10 Å². The standard InChI is InChI=1S/C23H24Br2N2O2/c1-26(17-4-3-5-19(12-17)29-2)13-18(28)14-27-22-8-6-15(24)10-20(22)21-11-16(25)7-9-23(21)27/h3-6,8-12,16,18,28H,7,13-14H2,1-2H3. The number of hydrogen-bond donors (Lipinski definition) is 1. The molecular weight excluding hydrogens is 496 g/mol. The van der Waals surface area contributed by atoms with Gasteiger partial charge in [0, 0.05) is 56.1 Å². The van der Waals surface area contributed by atoms with Crippen molar-refractivity contribution in [1.29, 1.82) is 0 Å². The predicted molar refractivity (Wildman–Crippen MR) is 127 cm³/mol. The molecule has 3 aromatic rings. The van der Waals surface area contributed by atoms with Crippen LogP contribution >= 0.6 is 31.9 Å². The molecule has 0 spiro atoms. The van der Waals surface area contributed by atoms with E-state index in [0.29, 0.717) is 17.9 Å². The molecule has 0 radical (unpaired) electrons. The van der Waals surface area contributed by atoms with Crippen LogP contribution in [0.4, 0.5) is 5.69 Å². The number of benzene rings is 2. The van der Waals surface area contributed by atoms with Crippen LogP contribution < -0.4 is 20.2 Å². The Hall–Kier alpha value is -1.76. The molecule has 4 rings (SSSR count). The minimum absolute atomic E-state index is 0.345. The van der Waals surface area contributed by atoms with Gasteiger partial charge in [-0.25, -0.2) is 0 Å². The van der Waals surface area contributed by atoms with Gasteiger partial charge in [0.15, 0.2) is 0 Å². The van der Waals surface area contributed by atoms with Gasteiger partial charge in [-0.1, -0.05) is 50.1 Å². The number of hydrogen-bond acceptors (Lipinski definition) is 3. The van der Waals surface area contributed by atoms with E-state index >= 15 is 0 Å². The Kier molecular flexibility index (Phi) is 6.04. The number of aromatic nitrogens is 1. The van der Waals surface area contributed by atoms with Crippen molar-refractivity contribution >= 4 is 60.6 Å². The monoisotopic (exact) mass is 518 g/mol. The van der Waals surface area contributed by atoms with Crippen LogP contribution in [0.25, 0.3) is 23.1 Å². The molecule has 29 heavy (non-hydrogen) atoms. The minimum Gasteiger partial charge on any atom is -0.497 e. The quantitative estimate of drug-likeness (QED) is 0.505. The first kappa shape index (κ1) is 20.5. The van der Waals surface area contributed by atoms with Crippen LogP contribution in [-0.4, -0.2) is 41.3 Å². The Labute approximate surface area is 187 Å². The number of halogens is 2. The molecule has 0 saturated heterocycles. The van der Waals surface area contributed by atoms with Crippen molar-refractivity contribution in [3.63, 3.8) is 0 Å². The molecule has 1 N–H and O–H groups in total. The lowest BCUT2D eigenvalue weighted by atomic mass is 10.1. The highest BCUT2D eigenvalue weighted by Crippen LogP contribution is 2.21. The summed E-state index contributed by atoms with van der Waals surface area (Å²) in [6.45, 7) is 1.07. The van der Waals surface area contributed by atoms with Crippen LogP contribution in [0.3, 0.4) is 0 Å². The second-order valence-corrected chi connectivity index (χ2v) is 9.52. The highest BCUT2D eigenvalue weighted by atomic mass is 79.9. The molecule has 152 valence electrons. The summed E-state index contributed by atoms with van der Waals surface area (Å²) in [5.41, 5.74) is 2.17. The van der Waals surface area contributed by atoms with Crippen molar-refractivity contribution < 1.29 is 9.84 Å². The third kappa shape index (κ3) is 4.25. The Morgan fingerprint density at radius 1 is 1.28 bits per heavy atom. The van der Waals surface area contributed by atoms with Crippen LogP contribution in [0.5, 0.6) is 5.75 Å². The molecule has 1 heterocycles. The highest BCUT2D eigenvalue weighted by Gasteiger charge is 2.17. The number of rotatable bonds is 6. The zero-order valence-corrected chi connectivity index (χ0v) is 19.6. The molecule has 0 aliphatic heterocycles. The largest absolute Gasteiger partial charge is 0.497 e. The Morgan fingerprint density at radius 3 is 2.90 bits per heavy atom. The summed E-state index contributed by atoms with van der Waals surface area (Å²) in [6.07, 6.45) is 4.98. The molecule has 4 nitrogen and oxygen atoms in total. The number of fused-ring (bicyclic) bond motifs is 3. The molecule has 1 aliphatic carbocycles. The molecule has 6 heteroatoms. The van der Waals surface area contributed by atoms with Gasteiger partial charge < -0.3 is 19.3 Å². The number of aliphatic hydroxyl groups is 1. The van der Waals surface area contributed by atoms with E-state index in [0.717, 1.165) is 27.8 Å². The van der Waals surface area contributed by atoms with E-state index in [4.69, 9.17) is 4.74 Å². The topological polar surface area (TPSA) is 37.6 Å². The first-order valence-electron chi connectivity index (χ1n) is 9.63. The third-order valence-corrected chi connectivity index (χ3v) is 6.49. The van der Waals surface area contributed by atoms with Gasteiger partial charge in [-0.2, -0.15) is 0 Å². The second-order valence-electron chi connectivity index (χ2n) is 7.43. The van der Waals surface area contributed by atoms with Crippen LogP contribution in [0.2, 0.25) is 0 Å².